The molecule has 0 radical (unpaired) electrons. The van der Waals surface area contributed by atoms with Crippen molar-refractivity contribution < 1.29 is 0 Å². The minimum Gasteiger partial charge on any atom is -0.327 e. The summed E-state index contributed by atoms with van der Waals surface area (Å²) in [6.45, 7) is 2.52. The Bertz CT molecular complexity index is 280. The third-order valence-electron chi connectivity index (χ3n) is 6.56. The second kappa shape index (κ2) is 5.76. The quantitative estimate of drug-likeness (QED) is 0.767. The third-order valence-corrected chi connectivity index (χ3v) is 6.56. The van der Waals surface area contributed by atoms with Crippen LogP contribution >= 0.6 is 0 Å². The molecule has 0 saturated heterocycles. The maximum atomic E-state index is 6.54. The van der Waals surface area contributed by atoms with Gasteiger partial charge in [-0.25, -0.2) is 0 Å². The molecule has 0 spiro atoms. The number of nitrogens with two attached hydrogens (primary N) is 1. The molecule has 3 rings (SSSR count). The molecule has 1 atom stereocenters. The predicted octanol–water partition coefficient (Wildman–Crippen LogP) is 4.89. The molecule has 1 nitrogen and oxygen atoms in total. The van der Waals surface area contributed by atoms with Crippen LogP contribution in [-0.4, -0.2) is 6.04 Å². The number of hydrogen-bond donors (Lipinski definition) is 1. The van der Waals surface area contributed by atoms with Crippen LogP contribution in [0.15, 0.2) is 0 Å². The summed E-state index contributed by atoms with van der Waals surface area (Å²) in [4.78, 5) is 0. The Morgan fingerprint density at radius 3 is 2.11 bits per heavy atom. The van der Waals surface area contributed by atoms with Crippen molar-refractivity contribution in [1.29, 1.82) is 0 Å². The van der Waals surface area contributed by atoms with Crippen molar-refractivity contribution in [3.05, 3.63) is 0 Å². The molecule has 1 unspecified atom stereocenters. The first-order valence-corrected chi connectivity index (χ1v) is 8.92. The first-order valence-electron chi connectivity index (χ1n) is 8.92. The van der Waals surface area contributed by atoms with Crippen LogP contribution in [0.3, 0.4) is 0 Å². The molecule has 0 aromatic rings. The van der Waals surface area contributed by atoms with Gasteiger partial charge in [-0.2, -0.15) is 0 Å². The van der Waals surface area contributed by atoms with Crippen molar-refractivity contribution in [3.8, 4) is 0 Å². The van der Waals surface area contributed by atoms with Crippen molar-refractivity contribution in [3.63, 3.8) is 0 Å². The van der Waals surface area contributed by atoms with Crippen LogP contribution in [0.2, 0.25) is 0 Å². The monoisotopic (exact) mass is 263 g/mol. The molecule has 0 amide bonds. The van der Waals surface area contributed by atoms with E-state index in [1.54, 1.807) is 0 Å². The van der Waals surface area contributed by atoms with E-state index in [1.165, 1.54) is 77.0 Å². The van der Waals surface area contributed by atoms with Gasteiger partial charge in [0.05, 0.1) is 0 Å². The zero-order valence-corrected chi connectivity index (χ0v) is 12.9. The topological polar surface area (TPSA) is 26.0 Å². The Morgan fingerprint density at radius 1 is 0.895 bits per heavy atom. The van der Waals surface area contributed by atoms with Gasteiger partial charge in [-0.05, 0) is 55.3 Å². The molecule has 0 aromatic heterocycles. The maximum absolute atomic E-state index is 6.54. The normalized spacial score (nSPS) is 39.2. The summed E-state index contributed by atoms with van der Waals surface area (Å²) in [5.74, 6) is 2.99. The molecule has 3 fully saturated rings. The van der Waals surface area contributed by atoms with Gasteiger partial charge in [0.25, 0.3) is 0 Å². The molecule has 110 valence electrons. The molecule has 0 aromatic carbocycles. The van der Waals surface area contributed by atoms with Gasteiger partial charge >= 0.3 is 0 Å². The second-order valence-electron chi connectivity index (χ2n) is 8.29. The first-order chi connectivity index (χ1) is 9.16. The van der Waals surface area contributed by atoms with E-state index in [-0.39, 0.29) is 0 Å². The molecule has 1 heteroatoms. The second-order valence-corrected chi connectivity index (χ2v) is 8.29. The van der Waals surface area contributed by atoms with Crippen LogP contribution in [0.4, 0.5) is 0 Å². The molecule has 2 N–H and O–H groups in total. The Morgan fingerprint density at radius 2 is 1.47 bits per heavy atom. The Labute approximate surface area is 119 Å². The smallest absolute Gasteiger partial charge is 0.00723 e. The van der Waals surface area contributed by atoms with E-state index in [1.807, 2.05) is 0 Å². The van der Waals surface area contributed by atoms with Gasteiger partial charge in [-0.3, -0.25) is 0 Å². The lowest BCUT2D eigenvalue weighted by Crippen LogP contribution is -2.44. The van der Waals surface area contributed by atoms with Crippen LogP contribution in [0.25, 0.3) is 0 Å². The fourth-order valence-electron chi connectivity index (χ4n) is 5.43. The van der Waals surface area contributed by atoms with E-state index in [0.29, 0.717) is 11.5 Å². The van der Waals surface area contributed by atoms with Gasteiger partial charge in [0, 0.05) is 6.04 Å². The average Bonchev–Trinajstić information content (AvgIpc) is 2.90. The van der Waals surface area contributed by atoms with E-state index in [0.717, 1.165) is 17.8 Å². The fraction of sp³-hybridized carbons (Fsp3) is 1.00. The number of rotatable bonds is 4. The highest BCUT2D eigenvalue weighted by Crippen LogP contribution is 2.55. The van der Waals surface area contributed by atoms with Crippen LogP contribution in [0.5, 0.6) is 0 Å². The van der Waals surface area contributed by atoms with Crippen molar-refractivity contribution in [2.24, 2.45) is 28.9 Å². The van der Waals surface area contributed by atoms with Gasteiger partial charge < -0.3 is 5.73 Å². The zero-order chi connectivity index (χ0) is 13.3. The van der Waals surface area contributed by atoms with Gasteiger partial charge in [-0.1, -0.05) is 51.9 Å². The van der Waals surface area contributed by atoms with E-state index in [4.69, 9.17) is 5.73 Å². The molecule has 3 aliphatic carbocycles. The molecule has 0 bridgehead atoms. The number of hydrogen-bond acceptors (Lipinski definition) is 1. The summed E-state index contributed by atoms with van der Waals surface area (Å²) in [5, 5.41) is 0. The highest BCUT2D eigenvalue weighted by Gasteiger charge is 2.45. The summed E-state index contributed by atoms with van der Waals surface area (Å²) in [5.41, 5.74) is 7.14. The lowest BCUT2D eigenvalue weighted by Gasteiger charge is -2.50. The first kappa shape index (κ1) is 13.9. The Hall–Kier alpha value is -0.0400. The third kappa shape index (κ3) is 3.17. The minimum absolute atomic E-state index is 0.495. The highest BCUT2D eigenvalue weighted by molar-refractivity contribution is 4.97. The van der Waals surface area contributed by atoms with E-state index >= 15 is 0 Å². The van der Waals surface area contributed by atoms with E-state index < -0.39 is 0 Å². The molecule has 0 aliphatic heterocycles. The van der Waals surface area contributed by atoms with Crippen molar-refractivity contribution in [2.75, 3.05) is 0 Å². The van der Waals surface area contributed by atoms with Crippen LogP contribution in [-0.2, 0) is 0 Å². The summed E-state index contributed by atoms with van der Waals surface area (Å²) in [6, 6.07) is 0.495. The van der Waals surface area contributed by atoms with Crippen LogP contribution in [0.1, 0.15) is 84.0 Å². The summed E-state index contributed by atoms with van der Waals surface area (Å²) in [6.07, 6.45) is 17.4. The van der Waals surface area contributed by atoms with Gasteiger partial charge in [-0.15, -0.1) is 0 Å². The van der Waals surface area contributed by atoms with Crippen LogP contribution in [0, 0.1) is 23.2 Å². The Balaban J connectivity index is 1.44. The molecule has 19 heavy (non-hydrogen) atoms. The van der Waals surface area contributed by atoms with E-state index in [9.17, 15) is 0 Å². The lowest BCUT2D eigenvalue weighted by atomic mass is 9.56. The summed E-state index contributed by atoms with van der Waals surface area (Å²) < 4.78 is 0. The lowest BCUT2D eigenvalue weighted by molar-refractivity contribution is 0.0138. The summed E-state index contributed by atoms with van der Waals surface area (Å²) >= 11 is 0. The highest BCUT2D eigenvalue weighted by atomic mass is 14.7. The average molecular weight is 263 g/mol. The molecule has 3 saturated carbocycles. The zero-order valence-electron chi connectivity index (χ0n) is 12.9. The maximum Gasteiger partial charge on any atom is 0.00723 e. The molecule has 0 heterocycles. The Kier molecular flexibility index (Phi) is 4.22. The SMILES string of the molecule is CC1(CC(N)C2CCCCC2)CC(C2CCCC2)C1. The molecular formula is C18H33N. The van der Waals surface area contributed by atoms with Crippen LogP contribution < -0.4 is 5.73 Å². The van der Waals surface area contributed by atoms with Crippen molar-refractivity contribution in [1.82, 2.24) is 0 Å². The fourth-order valence-corrected chi connectivity index (χ4v) is 5.43. The largest absolute Gasteiger partial charge is 0.327 e. The van der Waals surface area contributed by atoms with Gasteiger partial charge in [0.1, 0.15) is 0 Å². The molecule has 3 aliphatic rings. The standard InChI is InChI=1S/C18H33N/c1-18(11-16(12-18)14-7-5-6-8-14)13-17(19)15-9-3-2-4-10-15/h14-17H,2-13,19H2,1H3. The molecular weight excluding hydrogens is 230 g/mol. The van der Waals surface area contributed by atoms with Crippen molar-refractivity contribution in [2.45, 2.75) is 90.0 Å². The van der Waals surface area contributed by atoms with E-state index in [2.05, 4.69) is 6.92 Å². The van der Waals surface area contributed by atoms with Crippen molar-refractivity contribution >= 4 is 0 Å². The predicted molar refractivity (Wildman–Crippen MR) is 82.0 cm³/mol. The minimum atomic E-state index is 0.495. The van der Waals surface area contributed by atoms with Gasteiger partial charge in [0.15, 0.2) is 0 Å². The van der Waals surface area contributed by atoms with Gasteiger partial charge in [0.2, 0.25) is 0 Å². The summed E-state index contributed by atoms with van der Waals surface area (Å²) in [7, 11) is 0.